The normalized spacial score (nSPS) is 20.9. The van der Waals surface area contributed by atoms with E-state index in [9.17, 15) is 14.4 Å². The highest BCUT2D eigenvalue weighted by Crippen LogP contribution is 2.31. The first-order chi connectivity index (χ1) is 16.9. The fourth-order valence-corrected chi connectivity index (χ4v) is 4.98. The van der Waals surface area contributed by atoms with Gasteiger partial charge in [-0.1, -0.05) is 105 Å². The predicted octanol–water partition coefficient (Wildman–Crippen LogP) is 6.88. The maximum atomic E-state index is 12.9. The molecule has 0 aromatic carbocycles. The Labute approximate surface area is 214 Å². The molecule has 1 unspecified atom stereocenters. The summed E-state index contributed by atoms with van der Waals surface area (Å²) in [6.45, 7) is 8.40. The Morgan fingerprint density at radius 3 is 2.06 bits per heavy atom. The lowest BCUT2D eigenvalue weighted by Gasteiger charge is -2.35. The summed E-state index contributed by atoms with van der Waals surface area (Å²) in [7, 11) is 0. The average Bonchev–Trinajstić information content (AvgIpc) is 2.81. The summed E-state index contributed by atoms with van der Waals surface area (Å²) in [5.41, 5.74) is 0. The highest BCUT2D eigenvalue weighted by atomic mass is 16.6. The van der Waals surface area contributed by atoms with Crippen molar-refractivity contribution in [3.63, 3.8) is 0 Å². The summed E-state index contributed by atoms with van der Waals surface area (Å²) in [5, 5.41) is 2.60. The molecular weight excluding hydrogens is 442 g/mol. The van der Waals surface area contributed by atoms with Crippen molar-refractivity contribution in [2.45, 2.75) is 155 Å². The van der Waals surface area contributed by atoms with Crippen molar-refractivity contribution in [3.8, 4) is 0 Å². The lowest BCUT2D eigenvalue weighted by Crippen LogP contribution is -2.47. The molecule has 0 radical (unpaired) electrons. The van der Waals surface area contributed by atoms with Gasteiger partial charge in [-0.25, -0.2) is 4.79 Å². The first-order valence-corrected chi connectivity index (χ1v) is 14.5. The number of carbonyl (C=O) groups excluding carboxylic acids is 3. The average molecular weight is 496 g/mol. The molecule has 1 heterocycles. The van der Waals surface area contributed by atoms with Crippen LogP contribution in [0.15, 0.2) is 0 Å². The summed E-state index contributed by atoms with van der Waals surface area (Å²) in [4.78, 5) is 36.8. The number of carbonyl (C=O) groups is 3. The Hall–Kier alpha value is -1.59. The first kappa shape index (κ1) is 31.4. The van der Waals surface area contributed by atoms with Gasteiger partial charge in [-0.05, 0) is 31.6 Å². The lowest BCUT2D eigenvalue weighted by atomic mass is 9.87. The van der Waals surface area contributed by atoms with Crippen molar-refractivity contribution in [3.05, 3.63) is 0 Å². The third-order valence-electron chi connectivity index (χ3n) is 7.06. The molecule has 1 saturated heterocycles. The molecule has 1 rings (SSSR count). The van der Waals surface area contributed by atoms with Crippen LogP contribution in [0.1, 0.15) is 137 Å². The van der Waals surface area contributed by atoms with E-state index in [1.807, 2.05) is 13.8 Å². The molecule has 6 heteroatoms. The number of esters is 2. The topological polar surface area (TPSA) is 81.7 Å². The lowest BCUT2D eigenvalue weighted by molar-refractivity contribution is -0.181. The van der Waals surface area contributed by atoms with Crippen molar-refractivity contribution in [2.75, 3.05) is 0 Å². The molecular formula is C29H53NO5. The minimum absolute atomic E-state index is 0.195. The highest BCUT2D eigenvalue weighted by Gasteiger charge is 2.41. The summed E-state index contributed by atoms with van der Waals surface area (Å²) in [6.07, 6.45) is 18.0. The molecule has 1 fully saturated rings. The Bertz CT molecular complexity index is 579. The number of cyclic esters (lactones) is 1. The van der Waals surface area contributed by atoms with E-state index in [0.29, 0.717) is 25.7 Å². The zero-order chi connectivity index (χ0) is 25.9. The standard InChI is InChI=1S/C29H53NO5/c1-5-7-9-11-12-13-14-15-16-18-24-21-27(25(28(32)34-24)19-17-10-8-6-2)35-29(33)26(30-22-31)20-23(3)4/h22-27H,5-21H2,1-4H3,(H,30,31)/t24-,25-,26?,27+/m0/s1. The Balaban J connectivity index is 2.61. The second-order valence-corrected chi connectivity index (χ2v) is 10.8. The monoisotopic (exact) mass is 495 g/mol. The molecule has 1 amide bonds. The minimum atomic E-state index is -0.679. The smallest absolute Gasteiger partial charge is 0.328 e. The zero-order valence-electron chi connectivity index (χ0n) is 23.0. The molecule has 0 saturated carbocycles. The fraction of sp³-hybridized carbons (Fsp3) is 0.897. The van der Waals surface area contributed by atoms with Gasteiger partial charge in [-0.15, -0.1) is 0 Å². The summed E-state index contributed by atoms with van der Waals surface area (Å²) < 4.78 is 11.7. The molecule has 35 heavy (non-hydrogen) atoms. The van der Waals surface area contributed by atoms with Gasteiger partial charge in [0.2, 0.25) is 6.41 Å². The van der Waals surface area contributed by atoms with Crippen molar-refractivity contribution < 1.29 is 23.9 Å². The number of rotatable bonds is 21. The van der Waals surface area contributed by atoms with Crippen molar-refractivity contribution in [1.29, 1.82) is 0 Å². The van der Waals surface area contributed by atoms with Crippen LogP contribution in [-0.4, -0.2) is 36.6 Å². The molecule has 1 aliphatic heterocycles. The maximum Gasteiger partial charge on any atom is 0.328 e. The van der Waals surface area contributed by atoms with E-state index >= 15 is 0 Å². The van der Waals surface area contributed by atoms with Gasteiger partial charge in [0.1, 0.15) is 18.2 Å². The largest absolute Gasteiger partial charge is 0.462 e. The first-order valence-electron chi connectivity index (χ1n) is 14.5. The number of hydrogen-bond donors (Lipinski definition) is 1. The van der Waals surface area contributed by atoms with Crippen LogP contribution < -0.4 is 5.32 Å². The zero-order valence-corrected chi connectivity index (χ0v) is 23.0. The van der Waals surface area contributed by atoms with Gasteiger partial charge in [0.05, 0.1) is 5.92 Å². The molecule has 0 aromatic rings. The number of nitrogens with one attached hydrogen (secondary N) is 1. The number of unbranched alkanes of at least 4 members (excludes halogenated alkanes) is 11. The number of hydrogen-bond acceptors (Lipinski definition) is 5. The van der Waals surface area contributed by atoms with Crippen LogP contribution in [0.3, 0.4) is 0 Å². The van der Waals surface area contributed by atoms with Crippen LogP contribution in [0.2, 0.25) is 0 Å². The highest BCUT2D eigenvalue weighted by molar-refractivity contribution is 5.79. The van der Waals surface area contributed by atoms with Crippen molar-refractivity contribution in [1.82, 2.24) is 5.32 Å². The molecule has 204 valence electrons. The molecule has 0 bridgehead atoms. The van der Waals surface area contributed by atoms with E-state index in [1.165, 1.54) is 44.9 Å². The van der Waals surface area contributed by atoms with E-state index in [1.54, 1.807) is 0 Å². The molecule has 0 spiro atoms. The van der Waals surface area contributed by atoms with Crippen molar-refractivity contribution in [2.24, 2.45) is 11.8 Å². The Kier molecular flexibility index (Phi) is 17.6. The summed E-state index contributed by atoms with van der Waals surface area (Å²) in [6, 6.07) is -0.679. The second-order valence-electron chi connectivity index (χ2n) is 10.8. The van der Waals surface area contributed by atoms with Crippen LogP contribution in [-0.2, 0) is 23.9 Å². The van der Waals surface area contributed by atoms with Crippen LogP contribution in [0.5, 0.6) is 0 Å². The van der Waals surface area contributed by atoms with E-state index in [0.717, 1.165) is 44.9 Å². The Morgan fingerprint density at radius 1 is 0.943 bits per heavy atom. The van der Waals surface area contributed by atoms with Gasteiger partial charge in [0.25, 0.3) is 0 Å². The summed E-state index contributed by atoms with van der Waals surface area (Å²) in [5.74, 6) is -0.840. The molecule has 6 nitrogen and oxygen atoms in total. The van der Waals surface area contributed by atoms with Crippen molar-refractivity contribution >= 4 is 18.3 Å². The SMILES string of the molecule is CCCCCCCCCCC[C@H]1C[C@@H](OC(=O)C(CC(C)C)NC=O)[C@H](CCCCCC)C(=O)O1. The molecule has 1 aliphatic rings. The third-order valence-corrected chi connectivity index (χ3v) is 7.06. The van der Waals surface area contributed by atoms with Gasteiger partial charge < -0.3 is 14.8 Å². The van der Waals surface area contributed by atoms with E-state index in [-0.39, 0.29) is 18.0 Å². The van der Waals surface area contributed by atoms with E-state index in [2.05, 4.69) is 19.2 Å². The van der Waals surface area contributed by atoms with Gasteiger partial charge in [0.15, 0.2) is 0 Å². The number of amides is 1. The molecule has 0 aromatic heterocycles. The molecule has 0 aliphatic carbocycles. The van der Waals surface area contributed by atoms with Crippen LogP contribution >= 0.6 is 0 Å². The van der Waals surface area contributed by atoms with Crippen LogP contribution in [0, 0.1) is 11.8 Å². The second kappa shape index (κ2) is 19.6. The van der Waals surface area contributed by atoms with E-state index < -0.39 is 24.0 Å². The summed E-state index contributed by atoms with van der Waals surface area (Å²) >= 11 is 0. The van der Waals surface area contributed by atoms with Gasteiger partial charge in [-0.2, -0.15) is 0 Å². The maximum absolute atomic E-state index is 12.9. The van der Waals surface area contributed by atoms with Gasteiger partial charge >= 0.3 is 11.9 Å². The van der Waals surface area contributed by atoms with Gasteiger partial charge in [-0.3, -0.25) is 9.59 Å². The predicted molar refractivity (Wildman–Crippen MR) is 141 cm³/mol. The van der Waals surface area contributed by atoms with E-state index in [4.69, 9.17) is 9.47 Å². The third kappa shape index (κ3) is 13.9. The molecule has 4 atom stereocenters. The minimum Gasteiger partial charge on any atom is -0.462 e. The van der Waals surface area contributed by atoms with Crippen LogP contribution in [0.25, 0.3) is 0 Å². The molecule has 1 N–H and O–H groups in total. The van der Waals surface area contributed by atoms with Gasteiger partial charge in [0, 0.05) is 6.42 Å². The number of ether oxygens (including phenoxy) is 2. The Morgan fingerprint density at radius 2 is 1.49 bits per heavy atom. The quantitative estimate of drug-likeness (QED) is 0.107. The van der Waals surface area contributed by atoms with Crippen LogP contribution in [0.4, 0.5) is 0 Å². The fourth-order valence-electron chi connectivity index (χ4n) is 4.98.